The molecule has 0 spiro atoms. The van der Waals surface area contributed by atoms with Gasteiger partial charge < -0.3 is 14.7 Å². The summed E-state index contributed by atoms with van der Waals surface area (Å²) in [5, 5.41) is 13.0. The lowest BCUT2D eigenvalue weighted by molar-refractivity contribution is -0.150. The molecule has 1 N–H and O–H groups in total. The van der Waals surface area contributed by atoms with Gasteiger partial charge in [0.2, 0.25) is 0 Å². The molecule has 7 nitrogen and oxygen atoms in total. The summed E-state index contributed by atoms with van der Waals surface area (Å²) in [5.74, 6) is -0.850. The molecule has 2 heterocycles. The number of fused-ring (bicyclic) bond motifs is 1. The van der Waals surface area contributed by atoms with Crippen molar-refractivity contribution in [2.24, 2.45) is 7.05 Å². The predicted octanol–water partition coefficient (Wildman–Crippen LogP) is 2.92. The number of ether oxygens (including phenoxy) is 1. The Hall–Kier alpha value is -3.04. The maximum atomic E-state index is 13.1. The molecule has 138 valence electrons. The van der Waals surface area contributed by atoms with Gasteiger partial charge in [-0.15, -0.1) is 0 Å². The zero-order chi connectivity index (χ0) is 19.1. The zero-order valence-electron chi connectivity index (χ0n) is 13.5. The number of amides is 1. The van der Waals surface area contributed by atoms with E-state index in [9.17, 15) is 22.8 Å². The highest BCUT2D eigenvalue weighted by molar-refractivity contribution is 5.97. The molecule has 0 bridgehead atoms. The van der Waals surface area contributed by atoms with Gasteiger partial charge in [-0.1, -0.05) is 18.2 Å². The predicted molar refractivity (Wildman–Crippen MR) is 81.3 cm³/mol. The van der Waals surface area contributed by atoms with Crippen LogP contribution in [-0.2, 0) is 11.8 Å². The lowest BCUT2D eigenvalue weighted by Crippen LogP contribution is -2.47. The van der Waals surface area contributed by atoms with E-state index in [1.165, 1.54) is 35.3 Å². The highest BCUT2D eigenvalue weighted by Crippen LogP contribution is 2.44. The Balaban J connectivity index is 2.18. The summed E-state index contributed by atoms with van der Waals surface area (Å²) in [4.78, 5) is 24.5. The normalized spacial score (nSPS) is 20.0. The number of benzene rings is 1. The molecule has 1 aliphatic heterocycles. The Labute approximate surface area is 145 Å². The van der Waals surface area contributed by atoms with E-state index < -0.39 is 36.9 Å². The van der Waals surface area contributed by atoms with Crippen LogP contribution in [0.4, 0.5) is 18.0 Å². The molecule has 0 aliphatic carbocycles. The summed E-state index contributed by atoms with van der Waals surface area (Å²) in [5.41, 5.74) is 0.432. The molecule has 26 heavy (non-hydrogen) atoms. The van der Waals surface area contributed by atoms with Crippen LogP contribution in [0.2, 0.25) is 0 Å². The second-order valence-corrected chi connectivity index (χ2v) is 5.83. The van der Waals surface area contributed by atoms with Gasteiger partial charge >= 0.3 is 12.3 Å². The van der Waals surface area contributed by atoms with Gasteiger partial charge in [-0.2, -0.15) is 18.3 Å². The molecular formula is C16H14F3N3O4. The van der Waals surface area contributed by atoms with Crippen LogP contribution in [0, 0.1) is 0 Å². The Morgan fingerprint density at radius 2 is 2.04 bits per heavy atom. The van der Waals surface area contributed by atoms with E-state index in [2.05, 4.69) is 5.10 Å². The van der Waals surface area contributed by atoms with Crippen LogP contribution in [0.1, 0.15) is 33.6 Å². The molecule has 1 aromatic heterocycles. The van der Waals surface area contributed by atoms with E-state index in [-0.39, 0.29) is 16.7 Å². The number of nitrogens with zero attached hydrogens (tertiary/aromatic N) is 3. The number of carbonyl (C=O) groups is 2. The lowest BCUT2D eigenvalue weighted by Gasteiger charge is -2.40. The lowest BCUT2D eigenvalue weighted by atomic mass is 9.87. The van der Waals surface area contributed by atoms with E-state index in [4.69, 9.17) is 9.84 Å². The summed E-state index contributed by atoms with van der Waals surface area (Å²) >= 11 is 0. The Bertz CT molecular complexity index is 849. The van der Waals surface area contributed by atoms with Gasteiger partial charge in [0.15, 0.2) is 6.10 Å². The first-order valence-electron chi connectivity index (χ1n) is 7.52. The van der Waals surface area contributed by atoms with Crippen molar-refractivity contribution in [3.05, 3.63) is 53.3 Å². The van der Waals surface area contributed by atoms with E-state index in [1.807, 2.05) is 0 Å². The summed E-state index contributed by atoms with van der Waals surface area (Å²) in [6, 6.07) is 4.58. The van der Waals surface area contributed by atoms with Crippen molar-refractivity contribution in [3.8, 4) is 0 Å². The topological polar surface area (TPSA) is 84.7 Å². The molecular weight excluding hydrogens is 355 g/mol. The third kappa shape index (κ3) is 3.35. The number of alkyl halides is 3. The monoisotopic (exact) mass is 369 g/mol. The number of rotatable bonds is 3. The van der Waals surface area contributed by atoms with Gasteiger partial charge in [-0.05, 0) is 6.07 Å². The van der Waals surface area contributed by atoms with Crippen molar-refractivity contribution in [1.29, 1.82) is 0 Å². The van der Waals surface area contributed by atoms with Crippen LogP contribution < -0.4 is 0 Å². The smallest absolute Gasteiger partial charge is 0.450 e. The molecule has 1 aromatic carbocycles. The molecule has 2 atom stereocenters. The first-order valence-corrected chi connectivity index (χ1v) is 7.52. The number of aromatic nitrogens is 2. The minimum atomic E-state index is -4.67. The van der Waals surface area contributed by atoms with Gasteiger partial charge in [0, 0.05) is 29.9 Å². The molecule has 2 aromatic rings. The fraction of sp³-hybridized carbons (Fsp3) is 0.312. The molecule has 0 fully saturated rings. The number of hydrogen-bond donors (Lipinski definition) is 1. The fourth-order valence-corrected chi connectivity index (χ4v) is 3.10. The van der Waals surface area contributed by atoms with Crippen molar-refractivity contribution in [2.75, 3.05) is 6.54 Å². The first-order chi connectivity index (χ1) is 12.2. The minimum absolute atomic E-state index is 0.0249. The van der Waals surface area contributed by atoms with Crippen molar-refractivity contribution in [1.82, 2.24) is 14.7 Å². The summed E-state index contributed by atoms with van der Waals surface area (Å²) in [6.07, 6.45) is -4.93. The average Bonchev–Trinajstić information content (AvgIpc) is 2.96. The van der Waals surface area contributed by atoms with Gasteiger partial charge in [0.05, 0.1) is 6.20 Å². The van der Waals surface area contributed by atoms with E-state index in [0.717, 1.165) is 0 Å². The van der Waals surface area contributed by atoms with Crippen molar-refractivity contribution >= 4 is 12.1 Å². The third-order valence-corrected chi connectivity index (χ3v) is 4.02. The van der Waals surface area contributed by atoms with Crippen LogP contribution >= 0.6 is 0 Å². The maximum Gasteiger partial charge on any atom is 0.506 e. The fourth-order valence-electron chi connectivity index (χ4n) is 3.10. The van der Waals surface area contributed by atoms with Crippen LogP contribution in [0.5, 0.6) is 0 Å². The van der Waals surface area contributed by atoms with E-state index in [1.54, 1.807) is 13.1 Å². The van der Waals surface area contributed by atoms with Crippen molar-refractivity contribution in [2.45, 2.75) is 18.3 Å². The van der Waals surface area contributed by atoms with Crippen molar-refractivity contribution in [3.63, 3.8) is 0 Å². The Morgan fingerprint density at radius 3 is 2.62 bits per heavy atom. The average molecular weight is 369 g/mol. The highest BCUT2D eigenvalue weighted by atomic mass is 19.4. The number of hydrogen-bond acceptors (Lipinski definition) is 4. The number of carboxylic acid groups (broad SMARTS) is 1. The summed E-state index contributed by atoms with van der Waals surface area (Å²) in [6.45, 7) is -1.54. The minimum Gasteiger partial charge on any atom is -0.450 e. The molecule has 0 saturated carbocycles. The van der Waals surface area contributed by atoms with Gasteiger partial charge in [0.25, 0.3) is 5.91 Å². The molecule has 0 saturated heterocycles. The Kier molecular flexibility index (Phi) is 4.34. The quantitative estimate of drug-likeness (QED) is 0.841. The largest absolute Gasteiger partial charge is 0.506 e. The molecule has 2 unspecified atom stereocenters. The first kappa shape index (κ1) is 17.8. The second-order valence-electron chi connectivity index (χ2n) is 5.83. The van der Waals surface area contributed by atoms with Crippen LogP contribution in [-0.4, -0.2) is 44.6 Å². The van der Waals surface area contributed by atoms with Gasteiger partial charge in [0.1, 0.15) is 12.6 Å². The molecule has 0 radical (unpaired) electrons. The van der Waals surface area contributed by atoms with Crippen LogP contribution in [0.25, 0.3) is 0 Å². The number of carbonyl (C=O) groups excluding carboxylic acids is 1. The standard InChI is InChI=1S/C16H14F3N3O4/c1-21-7-9(6-20-21)12-13(26-15(24)25)10-4-2-3-5-11(10)14(23)22(12)8-16(17,18)19/h2-7,12-13H,8H2,1H3,(H,24,25). The van der Waals surface area contributed by atoms with Crippen LogP contribution in [0.3, 0.4) is 0 Å². The Morgan fingerprint density at radius 1 is 1.35 bits per heavy atom. The van der Waals surface area contributed by atoms with E-state index >= 15 is 0 Å². The highest BCUT2D eigenvalue weighted by Gasteiger charge is 2.47. The molecule has 1 aliphatic rings. The van der Waals surface area contributed by atoms with Crippen molar-refractivity contribution < 1.29 is 32.6 Å². The van der Waals surface area contributed by atoms with Gasteiger partial charge in [-0.25, -0.2) is 4.79 Å². The maximum absolute atomic E-state index is 13.1. The van der Waals surface area contributed by atoms with E-state index in [0.29, 0.717) is 4.90 Å². The molecule has 1 amide bonds. The van der Waals surface area contributed by atoms with Gasteiger partial charge in [-0.3, -0.25) is 9.48 Å². The molecule has 3 rings (SSSR count). The summed E-state index contributed by atoms with van der Waals surface area (Å²) in [7, 11) is 1.56. The number of halogens is 3. The third-order valence-electron chi connectivity index (χ3n) is 4.02. The zero-order valence-corrected chi connectivity index (χ0v) is 13.5. The SMILES string of the molecule is Cn1cc(C2C(OC(=O)O)c3ccccc3C(=O)N2CC(F)(F)F)cn1. The molecule has 10 heteroatoms. The summed E-state index contributed by atoms with van der Waals surface area (Å²) < 4.78 is 45.6. The number of aryl methyl sites for hydroxylation is 1. The van der Waals surface area contributed by atoms with Crippen LogP contribution in [0.15, 0.2) is 36.7 Å². The second kappa shape index (κ2) is 6.36.